The molecule has 2 N–H and O–H groups in total. The molecule has 2 unspecified atom stereocenters. The minimum atomic E-state index is 0.179. The summed E-state index contributed by atoms with van der Waals surface area (Å²) in [5.41, 5.74) is 8.68. The summed E-state index contributed by atoms with van der Waals surface area (Å²) < 4.78 is 0. The lowest BCUT2D eigenvalue weighted by Crippen LogP contribution is -2.49. The van der Waals surface area contributed by atoms with E-state index in [1.807, 2.05) is 0 Å². The molecule has 1 amide bonds. The molecule has 0 radical (unpaired) electrons. The molecule has 1 aromatic carbocycles. The molecule has 22 heavy (non-hydrogen) atoms. The number of hydrogen-bond acceptors (Lipinski definition) is 3. The molecule has 1 aliphatic heterocycles. The van der Waals surface area contributed by atoms with Gasteiger partial charge in [-0.2, -0.15) is 0 Å². The van der Waals surface area contributed by atoms with E-state index in [-0.39, 0.29) is 12.0 Å². The predicted octanol–water partition coefficient (Wildman–Crippen LogP) is 1.77. The number of piperazine rings is 1. The molecular weight excluding hydrogens is 274 g/mol. The van der Waals surface area contributed by atoms with E-state index in [2.05, 4.69) is 41.0 Å². The molecule has 0 spiro atoms. The zero-order valence-electron chi connectivity index (χ0n) is 13.5. The van der Waals surface area contributed by atoms with Gasteiger partial charge in [-0.3, -0.25) is 9.69 Å². The molecule has 1 aromatic rings. The lowest BCUT2D eigenvalue weighted by Gasteiger charge is -2.36. The van der Waals surface area contributed by atoms with Gasteiger partial charge < -0.3 is 10.6 Å². The average Bonchev–Trinajstić information content (AvgIpc) is 2.96. The minimum absolute atomic E-state index is 0.179. The fraction of sp³-hybridized carbons (Fsp3) is 0.611. The number of carbonyl (C=O) groups is 1. The average molecular weight is 301 g/mol. The van der Waals surface area contributed by atoms with Crippen LogP contribution in [-0.4, -0.2) is 47.9 Å². The van der Waals surface area contributed by atoms with E-state index < -0.39 is 0 Å². The highest BCUT2D eigenvalue weighted by Crippen LogP contribution is 2.26. The maximum absolute atomic E-state index is 12.5. The van der Waals surface area contributed by atoms with Crippen LogP contribution in [0.15, 0.2) is 24.3 Å². The molecule has 1 saturated heterocycles. The summed E-state index contributed by atoms with van der Waals surface area (Å²) in [7, 11) is 0. The highest BCUT2D eigenvalue weighted by atomic mass is 16.2. The van der Waals surface area contributed by atoms with E-state index in [0.717, 1.165) is 52.0 Å². The third-order valence-corrected chi connectivity index (χ3v) is 5.16. The Bertz CT molecular complexity index is 523. The summed E-state index contributed by atoms with van der Waals surface area (Å²) in [6.07, 6.45) is 2.86. The number of amides is 1. The minimum Gasteiger partial charge on any atom is -0.340 e. The second-order valence-corrected chi connectivity index (χ2v) is 6.80. The van der Waals surface area contributed by atoms with Crippen LogP contribution in [0.5, 0.6) is 0 Å². The van der Waals surface area contributed by atoms with Gasteiger partial charge in [0.15, 0.2) is 0 Å². The quantitative estimate of drug-likeness (QED) is 0.925. The SMILES string of the molecule is Cc1ccccc1CN1CCN(C(=O)C2CCC(N)C2)CC1. The number of carbonyl (C=O) groups excluding carboxylic acids is 1. The van der Waals surface area contributed by atoms with Crippen LogP contribution in [0.25, 0.3) is 0 Å². The van der Waals surface area contributed by atoms with Gasteiger partial charge >= 0.3 is 0 Å². The Labute approximate surface area is 133 Å². The van der Waals surface area contributed by atoms with Crippen molar-refractivity contribution < 1.29 is 4.79 Å². The van der Waals surface area contributed by atoms with Crippen molar-refractivity contribution in [3.8, 4) is 0 Å². The monoisotopic (exact) mass is 301 g/mol. The lowest BCUT2D eigenvalue weighted by atomic mass is 10.1. The zero-order valence-corrected chi connectivity index (χ0v) is 13.5. The van der Waals surface area contributed by atoms with Gasteiger partial charge in [0, 0.05) is 44.7 Å². The van der Waals surface area contributed by atoms with Gasteiger partial charge in [0.05, 0.1) is 0 Å². The number of nitrogens with two attached hydrogens (primary N) is 1. The zero-order chi connectivity index (χ0) is 15.5. The molecule has 0 aromatic heterocycles. The van der Waals surface area contributed by atoms with Gasteiger partial charge in [-0.15, -0.1) is 0 Å². The highest BCUT2D eigenvalue weighted by molar-refractivity contribution is 5.79. The fourth-order valence-electron chi connectivity index (χ4n) is 3.65. The molecule has 2 aliphatic rings. The predicted molar refractivity (Wildman–Crippen MR) is 88.4 cm³/mol. The first-order valence-electron chi connectivity index (χ1n) is 8.44. The largest absolute Gasteiger partial charge is 0.340 e. The molecule has 2 fully saturated rings. The molecule has 0 bridgehead atoms. The first-order chi connectivity index (χ1) is 10.6. The summed E-state index contributed by atoms with van der Waals surface area (Å²) in [6, 6.07) is 8.79. The van der Waals surface area contributed by atoms with Gasteiger partial charge in [-0.25, -0.2) is 0 Å². The van der Waals surface area contributed by atoms with Crippen LogP contribution in [0.3, 0.4) is 0 Å². The smallest absolute Gasteiger partial charge is 0.225 e. The first kappa shape index (κ1) is 15.5. The molecular formula is C18H27N3O. The second-order valence-electron chi connectivity index (χ2n) is 6.80. The van der Waals surface area contributed by atoms with Crippen LogP contribution in [0.4, 0.5) is 0 Å². The van der Waals surface area contributed by atoms with Crippen molar-refractivity contribution in [1.29, 1.82) is 0 Å². The molecule has 3 rings (SSSR count). The van der Waals surface area contributed by atoms with Gasteiger partial charge in [0.2, 0.25) is 5.91 Å². The molecule has 120 valence electrons. The Morgan fingerprint density at radius 1 is 1.18 bits per heavy atom. The summed E-state index contributed by atoms with van der Waals surface area (Å²) in [4.78, 5) is 17.0. The summed E-state index contributed by atoms with van der Waals surface area (Å²) in [6.45, 7) is 6.81. The normalized spacial score (nSPS) is 26.4. The maximum atomic E-state index is 12.5. The first-order valence-corrected chi connectivity index (χ1v) is 8.44. The highest BCUT2D eigenvalue weighted by Gasteiger charge is 2.32. The number of nitrogens with zero attached hydrogens (tertiary/aromatic N) is 2. The van der Waals surface area contributed by atoms with Gasteiger partial charge in [0.1, 0.15) is 0 Å². The third kappa shape index (κ3) is 3.50. The molecule has 1 aliphatic carbocycles. The van der Waals surface area contributed by atoms with Crippen molar-refractivity contribution in [3.05, 3.63) is 35.4 Å². The number of rotatable bonds is 3. The number of hydrogen-bond donors (Lipinski definition) is 1. The molecule has 1 heterocycles. The Morgan fingerprint density at radius 2 is 1.91 bits per heavy atom. The molecule has 4 heteroatoms. The summed E-state index contributed by atoms with van der Waals surface area (Å²) in [5.74, 6) is 0.515. The Kier molecular flexibility index (Phi) is 4.79. The van der Waals surface area contributed by atoms with Crippen LogP contribution in [0, 0.1) is 12.8 Å². The van der Waals surface area contributed by atoms with Crippen LogP contribution < -0.4 is 5.73 Å². The second kappa shape index (κ2) is 6.80. The fourth-order valence-corrected chi connectivity index (χ4v) is 3.65. The van der Waals surface area contributed by atoms with E-state index in [9.17, 15) is 4.79 Å². The van der Waals surface area contributed by atoms with E-state index in [4.69, 9.17) is 5.73 Å². The van der Waals surface area contributed by atoms with Crippen molar-refractivity contribution in [1.82, 2.24) is 9.80 Å². The van der Waals surface area contributed by atoms with E-state index >= 15 is 0 Å². The van der Waals surface area contributed by atoms with Crippen LogP contribution in [0.2, 0.25) is 0 Å². The van der Waals surface area contributed by atoms with Gasteiger partial charge in [-0.1, -0.05) is 24.3 Å². The van der Waals surface area contributed by atoms with Gasteiger partial charge in [-0.05, 0) is 37.3 Å². The van der Waals surface area contributed by atoms with Crippen molar-refractivity contribution in [3.63, 3.8) is 0 Å². The van der Waals surface area contributed by atoms with Crippen molar-refractivity contribution in [2.75, 3.05) is 26.2 Å². The number of aryl methyl sites for hydroxylation is 1. The van der Waals surface area contributed by atoms with E-state index in [0.29, 0.717) is 5.91 Å². The van der Waals surface area contributed by atoms with Crippen molar-refractivity contribution >= 4 is 5.91 Å². The summed E-state index contributed by atoms with van der Waals surface area (Å²) >= 11 is 0. The van der Waals surface area contributed by atoms with Crippen LogP contribution in [-0.2, 0) is 11.3 Å². The van der Waals surface area contributed by atoms with Crippen molar-refractivity contribution in [2.24, 2.45) is 11.7 Å². The standard InChI is InChI=1S/C18H27N3O/c1-14-4-2-3-5-16(14)13-20-8-10-21(11-9-20)18(22)15-6-7-17(19)12-15/h2-5,15,17H,6-13,19H2,1H3. The topological polar surface area (TPSA) is 49.6 Å². The molecule has 2 atom stereocenters. The van der Waals surface area contributed by atoms with Crippen LogP contribution in [0.1, 0.15) is 30.4 Å². The van der Waals surface area contributed by atoms with E-state index in [1.165, 1.54) is 11.1 Å². The summed E-state index contributed by atoms with van der Waals surface area (Å²) in [5, 5.41) is 0. The molecule has 1 saturated carbocycles. The Morgan fingerprint density at radius 3 is 2.55 bits per heavy atom. The molecule has 4 nitrogen and oxygen atoms in total. The lowest BCUT2D eigenvalue weighted by molar-refractivity contribution is -0.137. The van der Waals surface area contributed by atoms with E-state index in [1.54, 1.807) is 0 Å². The Balaban J connectivity index is 1.50. The van der Waals surface area contributed by atoms with Crippen molar-refractivity contribution in [2.45, 2.75) is 38.8 Å². The Hall–Kier alpha value is -1.39. The maximum Gasteiger partial charge on any atom is 0.225 e. The number of benzene rings is 1. The van der Waals surface area contributed by atoms with Gasteiger partial charge in [0.25, 0.3) is 0 Å². The van der Waals surface area contributed by atoms with Crippen LogP contribution >= 0.6 is 0 Å². The third-order valence-electron chi connectivity index (χ3n) is 5.16.